The molecule has 1 N–H and O–H groups in total. The smallest absolute Gasteiger partial charge is 0.305 e. The van der Waals surface area contributed by atoms with E-state index in [2.05, 4.69) is 5.32 Å². The van der Waals surface area contributed by atoms with Crippen LogP contribution in [0.5, 0.6) is 0 Å². The fourth-order valence-corrected chi connectivity index (χ4v) is 1.13. The molecule has 5 nitrogen and oxygen atoms in total. The molecular weight excluding hydrogens is 208 g/mol. The van der Waals surface area contributed by atoms with Gasteiger partial charge in [0.15, 0.2) is 0 Å². The van der Waals surface area contributed by atoms with Crippen molar-refractivity contribution in [1.82, 2.24) is 10.2 Å². The molecule has 0 atom stereocenters. The Labute approximate surface area is 97.1 Å². The maximum Gasteiger partial charge on any atom is 0.305 e. The standard InChI is InChI=1S/C11H22N2O3/c1-4-16-11(15)6-5-8-12-9-7-10(14)13(2)3/h12H,4-9H2,1-3H3. The second kappa shape index (κ2) is 9.15. The van der Waals surface area contributed by atoms with Crippen LogP contribution in [0.1, 0.15) is 26.2 Å². The zero-order valence-corrected chi connectivity index (χ0v) is 10.4. The van der Waals surface area contributed by atoms with Crippen molar-refractivity contribution in [2.24, 2.45) is 0 Å². The molecule has 0 saturated carbocycles. The average molecular weight is 230 g/mol. The molecule has 94 valence electrons. The largest absolute Gasteiger partial charge is 0.466 e. The molecule has 0 aliphatic carbocycles. The summed E-state index contributed by atoms with van der Waals surface area (Å²) in [6, 6.07) is 0. The minimum absolute atomic E-state index is 0.109. The Kier molecular flexibility index (Phi) is 8.52. The van der Waals surface area contributed by atoms with Gasteiger partial charge in [-0.05, 0) is 19.9 Å². The molecular formula is C11H22N2O3. The van der Waals surface area contributed by atoms with Crippen LogP contribution in [0.15, 0.2) is 0 Å². The molecule has 1 amide bonds. The number of nitrogens with one attached hydrogen (secondary N) is 1. The zero-order chi connectivity index (χ0) is 12.4. The van der Waals surface area contributed by atoms with E-state index in [9.17, 15) is 9.59 Å². The average Bonchev–Trinajstić information content (AvgIpc) is 2.23. The van der Waals surface area contributed by atoms with E-state index in [0.717, 1.165) is 13.0 Å². The van der Waals surface area contributed by atoms with E-state index in [1.807, 2.05) is 0 Å². The number of nitrogens with zero attached hydrogens (tertiary/aromatic N) is 1. The Bertz CT molecular complexity index is 217. The third-order valence-corrected chi connectivity index (χ3v) is 2.05. The molecule has 0 spiro atoms. The highest BCUT2D eigenvalue weighted by Crippen LogP contribution is 1.91. The molecule has 0 unspecified atom stereocenters. The highest BCUT2D eigenvalue weighted by molar-refractivity contribution is 5.75. The van der Waals surface area contributed by atoms with E-state index in [-0.39, 0.29) is 11.9 Å². The van der Waals surface area contributed by atoms with Gasteiger partial charge in [-0.3, -0.25) is 9.59 Å². The number of ether oxygens (including phenoxy) is 1. The maximum atomic E-state index is 11.2. The van der Waals surface area contributed by atoms with Gasteiger partial charge in [-0.2, -0.15) is 0 Å². The number of rotatable bonds is 8. The van der Waals surface area contributed by atoms with E-state index >= 15 is 0 Å². The number of amides is 1. The fourth-order valence-electron chi connectivity index (χ4n) is 1.13. The minimum atomic E-state index is -0.159. The molecule has 0 saturated heterocycles. The molecule has 0 aromatic heterocycles. The third kappa shape index (κ3) is 8.23. The lowest BCUT2D eigenvalue weighted by Gasteiger charge is -2.10. The summed E-state index contributed by atoms with van der Waals surface area (Å²) in [6.07, 6.45) is 1.67. The number of hydrogen-bond acceptors (Lipinski definition) is 4. The summed E-state index contributed by atoms with van der Waals surface area (Å²) in [5, 5.41) is 3.11. The molecule has 16 heavy (non-hydrogen) atoms. The van der Waals surface area contributed by atoms with Crippen LogP contribution in [0.2, 0.25) is 0 Å². The summed E-state index contributed by atoms with van der Waals surface area (Å²) >= 11 is 0. The Morgan fingerprint density at radius 3 is 2.44 bits per heavy atom. The maximum absolute atomic E-state index is 11.2. The van der Waals surface area contributed by atoms with Crippen LogP contribution < -0.4 is 5.32 Å². The van der Waals surface area contributed by atoms with Crippen LogP contribution in [0, 0.1) is 0 Å². The second-order valence-electron chi connectivity index (χ2n) is 3.70. The summed E-state index contributed by atoms with van der Waals surface area (Å²) in [5.41, 5.74) is 0. The summed E-state index contributed by atoms with van der Waals surface area (Å²) in [6.45, 7) is 3.62. The highest BCUT2D eigenvalue weighted by Gasteiger charge is 2.03. The van der Waals surface area contributed by atoms with Crippen LogP contribution in [0.3, 0.4) is 0 Å². The lowest BCUT2D eigenvalue weighted by atomic mass is 10.3. The number of esters is 1. The van der Waals surface area contributed by atoms with Gasteiger partial charge in [0.05, 0.1) is 6.61 Å². The lowest BCUT2D eigenvalue weighted by molar-refractivity contribution is -0.143. The first-order valence-electron chi connectivity index (χ1n) is 5.64. The number of carbonyl (C=O) groups excluding carboxylic acids is 2. The SMILES string of the molecule is CCOC(=O)CCCNCCC(=O)N(C)C. The van der Waals surface area contributed by atoms with Crippen molar-refractivity contribution in [3.8, 4) is 0 Å². The molecule has 0 aromatic rings. The molecule has 0 aliphatic rings. The zero-order valence-electron chi connectivity index (χ0n) is 10.4. The van der Waals surface area contributed by atoms with Crippen LogP contribution in [-0.2, 0) is 14.3 Å². The lowest BCUT2D eigenvalue weighted by Crippen LogP contribution is -2.27. The Balaban J connectivity index is 3.28. The van der Waals surface area contributed by atoms with Crippen molar-refractivity contribution >= 4 is 11.9 Å². The molecule has 5 heteroatoms. The molecule has 0 radical (unpaired) electrons. The van der Waals surface area contributed by atoms with Crippen molar-refractivity contribution in [1.29, 1.82) is 0 Å². The van der Waals surface area contributed by atoms with Gasteiger partial charge in [0.1, 0.15) is 0 Å². The molecule has 0 fully saturated rings. The van der Waals surface area contributed by atoms with E-state index in [4.69, 9.17) is 4.74 Å². The first-order valence-corrected chi connectivity index (χ1v) is 5.64. The van der Waals surface area contributed by atoms with E-state index in [1.165, 1.54) is 0 Å². The second-order valence-corrected chi connectivity index (χ2v) is 3.70. The minimum Gasteiger partial charge on any atom is -0.466 e. The monoisotopic (exact) mass is 230 g/mol. The summed E-state index contributed by atoms with van der Waals surface area (Å²) in [5.74, 6) is -0.0495. The quantitative estimate of drug-likeness (QED) is 0.484. The molecule has 0 aromatic carbocycles. The highest BCUT2D eigenvalue weighted by atomic mass is 16.5. The van der Waals surface area contributed by atoms with Gasteiger partial charge in [-0.1, -0.05) is 0 Å². The molecule has 0 heterocycles. The van der Waals surface area contributed by atoms with Crippen molar-refractivity contribution in [3.63, 3.8) is 0 Å². The Morgan fingerprint density at radius 1 is 1.19 bits per heavy atom. The topological polar surface area (TPSA) is 58.6 Å². The van der Waals surface area contributed by atoms with Crippen molar-refractivity contribution in [2.75, 3.05) is 33.8 Å². The third-order valence-electron chi connectivity index (χ3n) is 2.05. The first-order chi connectivity index (χ1) is 7.57. The van der Waals surface area contributed by atoms with E-state index in [1.54, 1.807) is 25.9 Å². The van der Waals surface area contributed by atoms with Crippen LogP contribution in [0.25, 0.3) is 0 Å². The molecule has 0 aliphatic heterocycles. The van der Waals surface area contributed by atoms with Gasteiger partial charge in [-0.25, -0.2) is 0 Å². The van der Waals surface area contributed by atoms with Gasteiger partial charge in [0.2, 0.25) is 5.91 Å². The van der Waals surface area contributed by atoms with Gasteiger partial charge < -0.3 is 15.0 Å². The fraction of sp³-hybridized carbons (Fsp3) is 0.818. The summed E-state index contributed by atoms with van der Waals surface area (Å²) < 4.78 is 4.79. The van der Waals surface area contributed by atoms with Gasteiger partial charge in [0, 0.05) is 33.5 Å². The van der Waals surface area contributed by atoms with Crippen molar-refractivity contribution in [3.05, 3.63) is 0 Å². The van der Waals surface area contributed by atoms with Crippen LogP contribution >= 0.6 is 0 Å². The summed E-state index contributed by atoms with van der Waals surface area (Å²) in [4.78, 5) is 23.7. The van der Waals surface area contributed by atoms with Crippen LogP contribution in [0.4, 0.5) is 0 Å². The van der Waals surface area contributed by atoms with Crippen molar-refractivity contribution < 1.29 is 14.3 Å². The first kappa shape index (κ1) is 14.9. The van der Waals surface area contributed by atoms with Gasteiger partial charge in [-0.15, -0.1) is 0 Å². The molecule has 0 rings (SSSR count). The van der Waals surface area contributed by atoms with E-state index < -0.39 is 0 Å². The Morgan fingerprint density at radius 2 is 1.88 bits per heavy atom. The molecule has 0 bridgehead atoms. The van der Waals surface area contributed by atoms with E-state index in [0.29, 0.717) is 26.0 Å². The normalized spacial score (nSPS) is 9.94. The van der Waals surface area contributed by atoms with Gasteiger partial charge >= 0.3 is 5.97 Å². The predicted octanol–water partition coefficient (Wildman–Crippen LogP) is 0.398. The number of carbonyl (C=O) groups is 2. The predicted molar refractivity (Wildman–Crippen MR) is 62.0 cm³/mol. The van der Waals surface area contributed by atoms with Crippen LogP contribution in [-0.4, -0.2) is 50.6 Å². The summed E-state index contributed by atoms with van der Waals surface area (Å²) in [7, 11) is 3.48. The van der Waals surface area contributed by atoms with Crippen molar-refractivity contribution in [2.45, 2.75) is 26.2 Å². The number of hydrogen-bond donors (Lipinski definition) is 1. The van der Waals surface area contributed by atoms with Gasteiger partial charge in [0.25, 0.3) is 0 Å². The Hall–Kier alpha value is -1.10.